The lowest BCUT2D eigenvalue weighted by Crippen LogP contribution is -2.56. The van der Waals surface area contributed by atoms with Crippen LogP contribution in [-0.2, 0) is 24.4 Å². The predicted molar refractivity (Wildman–Crippen MR) is 123 cm³/mol. The molecule has 4 aromatic rings. The van der Waals surface area contributed by atoms with Crippen molar-refractivity contribution in [3.8, 4) is 17.0 Å². The van der Waals surface area contributed by atoms with Gasteiger partial charge in [-0.05, 0) is 11.6 Å². The molecule has 8 nitrogen and oxygen atoms in total. The number of amides is 1. The molecule has 1 aliphatic rings. The summed E-state index contributed by atoms with van der Waals surface area (Å²) < 4.78 is 69.8. The van der Waals surface area contributed by atoms with E-state index in [0.717, 1.165) is 5.56 Å². The number of aromatic nitrogens is 4. The van der Waals surface area contributed by atoms with Gasteiger partial charge in [-0.3, -0.25) is 4.79 Å². The lowest BCUT2D eigenvalue weighted by molar-refractivity contribution is -0.140. The van der Waals surface area contributed by atoms with Crippen LogP contribution < -0.4 is 10.2 Å². The second-order valence-corrected chi connectivity index (χ2v) is 8.52. The number of halogens is 5. The van der Waals surface area contributed by atoms with Gasteiger partial charge in [-0.25, -0.2) is 18.4 Å². The standard InChI is InChI=1S/C24H19F5N6O2/c1-34-21-14(19(33-34)13-10-15(24(27,28)29)18(26)20(36)17(13)25)11-31-23(32-21)35-8-7-30-22(37)16(35)9-12-5-3-2-4-6-12/h2-6,10-11,16,36H,7-9H2,1H3,(H,30,37). The Balaban J connectivity index is 1.58. The van der Waals surface area contributed by atoms with Crippen LogP contribution >= 0.6 is 0 Å². The zero-order chi connectivity index (χ0) is 26.5. The van der Waals surface area contributed by atoms with Crippen LogP contribution in [0.2, 0.25) is 0 Å². The Bertz CT molecular complexity index is 1510. The van der Waals surface area contributed by atoms with Crippen LogP contribution in [0.25, 0.3) is 22.3 Å². The number of phenolic OH excluding ortho intramolecular Hbond substituents is 1. The molecule has 0 spiro atoms. The van der Waals surface area contributed by atoms with Gasteiger partial charge in [0.25, 0.3) is 0 Å². The highest BCUT2D eigenvalue weighted by molar-refractivity contribution is 5.92. The third kappa shape index (κ3) is 4.30. The molecule has 2 N–H and O–H groups in total. The van der Waals surface area contributed by atoms with E-state index in [4.69, 9.17) is 0 Å². The van der Waals surface area contributed by atoms with Crippen molar-refractivity contribution in [3.63, 3.8) is 0 Å². The molecule has 0 radical (unpaired) electrons. The normalized spacial score (nSPS) is 16.3. The predicted octanol–water partition coefficient (Wildman–Crippen LogP) is 3.58. The molecule has 192 valence electrons. The average molecular weight is 518 g/mol. The maximum atomic E-state index is 14.7. The van der Waals surface area contributed by atoms with Crippen LogP contribution in [0.1, 0.15) is 11.1 Å². The summed E-state index contributed by atoms with van der Waals surface area (Å²) in [6.45, 7) is 0.747. The smallest absolute Gasteiger partial charge is 0.419 e. The first kappa shape index (κ1) is 24.4. The minimum absolute atomic E-state index is 0.0744. The topological polar surface area (TPSA) is 96.2 Å². The highest BCUT2D eigenvalue weighted by atomic mass is 19.4. The molecule has 1 aliphatic heterocycles. The van der Waals surface area contributed by atoms with Crippen LogP contribution in [0.5, 0.6) is 5.75 Å². The number of carbonyl (C=O) groups is 1. The third-order valence-electron chi connectivity index (χ3n) is 6.17. The molecule has 1 unspecified atom stereocenters. The van der Waals surface area contributed by atoms with Crippen molar-refractivity contribution in [1.29, 1.82) is 0 Å². The van der Waals surface area contributed by atoms with Crippen LogP contribution in [0.4, 0.5) is 27.9 Å². The summed E-state index contributed by atoms with van der Waals surface area (Å²) in [6.07, 6.45) is -3.55. The van der Waals surface area contributed by atoms with Gasteiger partial charge in [-0.2, -0.15) is 23.3 Å². The number of alkyl halides is 3. The second kappa shape index (κ2) is 8.98. The van der Waals surface area contributed by atoms with Crippen molar-refractivity contribution < 1.29 is 31.9 Å². The number of hydrogen-bond donors (Lipinski definition) is 2. The lowest BCUT2D eigenvalue weighted by Gasteiger charge is -2.35. The first-order valence-electron chi connectivity index (χ1n) is 11.1. The molecular weight excluding hydrogens is 499 g/mol. The van der Waals surface area contributed by atoms with Crippen molar-refractivity contribution in [2.24, 2.45) is 7.05 Å². The highest BCUT2D eigenvalue weighted by Crippen LogP contribution is 2.41. The van der Waals surface area contributed by atoms with Crippen molar-refractivity contribution in [2.45, 2.75) is 18.6 Å². The average Bonchev–Trinajstić information content (AvgIpc) is 3.19. The monoisotopic (exact) mass is 518 g/mol. The summed E-state index contributed by atoms with van der Waals surface area (Å²) in [5, 5.41) is 16.7. The molecule has 3 heterocycles. The minimum atomic E-state index is -5.18. The number of benzene rings is 2. The van der Waals surface area contributed by atoms with Gasteiger partial charge in [-0.1, -0.05) is 30.3 Å². The molecule has 13 heteroatoms. The van der Waals surface area contributed by atoms with Gasteiger partial charge in [0.05, 0.1) is 10.9 Å². The van der Waals surface area contributed by atoms with Gasteiger partial charge in [0.2, 0.25) is 11.9 Å². The number of rotatable bonds is 4. The number of hydrogen-bond acceptors (Lipinski definition) is 6. The maximum absolute atomic E-state index is 14.7. The third-order valence-corrected chi connectivity index (χ3v) is 6.17. The summed E-state index contributed by atoms with van der Waals surface area (Å²) in [5.41, 5.74) is -1.83. The number of nitrogens with one attached hydrogen (secondary N) is 1. The molecule has 2 aromatic carbocycles. The first-order valence-corrected chi connectivity index (χ1v) is 11.1. The van der Waals surface area contributed by atoms with Crippen LogP contribution in [-0.4, -0.2) is 49.9 Å². The maximum Gasteiger partial charge on any atom is 0.419 e. The summed E-state index contributed by atoms with van der Waals surface area (Å²) in [5.74, 6) is -5.50. The fourth-order valence-corrected chi connectivity index (χ4v) is 4.36. The Hall–Kier alpha value is -4.29. The Morgan fingerprint density at radius 1 is 1.16 bits per heavy atom. The van der Waals surface area contributed by atoms with E-state index in [9.17, 15) is 31.9 Å². The number of aromatic hydroxyl groups is 1. The first-order chi connectivity index (χ1) is 17.6. The van der Waals surface area contributed by atoms with E-state index >= 15 is 0 Å². The Morgan fingerprint density at radius 3 is 2.59 bits per heavy atom. The number of fused-ring (bicyclic) bond motifs is 1. The highest BCUT2D eigenvalue weighted by Gasteiger charge is 2.38. The van der Waals surface area contributed by atoms with Crippen molar-refractivity contribution in [2.75, 3.05) is 18.0 Å². The SMILES string of the molecule is Cn1nc(-c2cc(C(F)(F)F)c(F)c(O)c2F)c2cnc(N3CCNC(=O)C3Cc3ccccc3)nc21. The Labute approximate surface area is 206 Å². The van der Waals surface area contributed by atoms with E-state index < -0.39 is 40.7 Å². The van der Waals surface area contributed by atoms with Gasteiger partial charge in [0.1, 0.15) is 11.7 Å². The molecule has 5 rings (SSSR count). The van der Waals surface area contributed by atoms with E-state index in [-0.39, 0.29) is 34.6 Å². The van der Waals surface area contributed by atoms with Crippen molar-refractivity contribution in [1.82, 2.24) is 25.1 Å². The number of phenols is 1. The van der Waals surface area contributed by atoms with Gasteiger partial charge >= 0.3 is 6.18 Å². The molecule has 1 amide bonds. The molecule has 2 aromatic heterocycles. The van der Waals surface area contributed by atoms with E-state index in [2.05, 4.69) is 20.4 Å². The zero-order valence-electron chi connectivity index (χ0n) is 19.2. The summed E-state index contributed by atoms with van der Waals surface area (Å²) in [6, 6.07) is 8.99. The fourth-order valence-electron chi connectivity index (χ4n) is 4.36. The van der Waals surface area contributed by atoms with E-state index in [1.165, 1.54) is 17.9 Å². The number of anilines is 1. The summed E-state index contributed by atoms with van der Waals surface area (Å²) >= 11 is 0. The molecule has 1 saturated heterocycles. The summed E-state index contributed by atoms with van der Waals surface area (Å²) in [7, 11) is 1.44. The fraction of sp³-hybridized carbons (Fsp3) is 0.250. The van der Waals surface area contributed by atoms with Crippen molar-refractivity contribution >= 4 is 22.9 Å². The number of piperazine rings is 1. The molecule has 0 bridgehead atoms. The lowest BCUT2D eigenvalue weighted by atomic mass is 10.0. The largest absolute Gasteiger partial charge is 0.503 e. The number of carbonyl (C=O) groups excluding carboxylic acids is 1. The van der Waals surface area contributed by atoms with Crippen LogP contribution in [0.15, 0.2) is 42.6 Å². The zero-order valence-corrected chi connectivity index (χ0v) is 19.2. The summed E-state index contributed by atoms with van der Waals surface area (Å²) in [4.78, 5) is 23.2. The second-order valence-electron chi connectivity index (χ2n) is 8.52. The quantitative estimate of drug-likeness (QED) is 0.401. The van der Waals surface area contributed by atoms with Gasteiger partial charge in [-0.15, -0.1) is 0 Å². The van der Waals surface area contributed by atoms with Gasteiger partial charge in [0, 0.05) is 38.3 Å². The Kier molecular flexibility index (Phi) is 5.92. The molecule has 1 atom stereocenters. The van der Waals surface area contributed by atoms with Crippen LogP contribution in [0.3, 0.4) is 0 Å². The van der Waals surface area contributed by atoms with Gasteiger partial charge in [0.15, 0.2) is 23.0 Å². The molecule has 1 fully saturated rings. The molecule has 37 heavy (non-hydrogen) atoms. The Morgan fingerprint density at radius 2 is 1.89 bits per heavy atom. The van der Waals surface area contributed by atoms with E-state index in [1.54, 1.807) is 4.90 Å². The number of nitrogens with zero attached hydrogens (tertiary/aromatic N) is 5. The minimum Gasteiger partial charge on any atom is -0.503 e. The molecular formula is C24H19F5N6O2. The van der Waals surface area contributed by atoms with E-state index in [1.807, 2.05) is 30.3 Å². The van der Waals surface area contributed by atoms with Gasteiger partial charge < -0.3 is 15.3 Å². The van der Waals surface area contributed by atoms with Crippen LogP contribution in [0, 0.1) is 11.6 Å². The molecule has 0 saturated carbocycles. The number of aryl methyl sites for hydroxylation is 1. The van der Waals surface area contributed by atoms with E-state index in [0.29, 0.717) is 19.5 Å². The van der Waals surface area contributed by atoms with Crippen molar-refractivity contribution in [3.05, 3.63) is 65.4 Å². The molecule has 0 aliphatic carbocycles.